The number of aliphatic hydroxyl groups is 1. The number of carbonyl (C=O) groups excluding carboxylic acids is 4. The molecule has 2 aliphatic carbocycles. The number of cyclic esters (lactones) is 1. The van der Waals surface area contributed by atoms with E-state index in [4.69, 9.17) is 9.84 Å². The van der Waals surface area contributed by atoms with Crippen LogP contribution in [0.25, 0.3) is 0 Å². The summed E-state index contributed by atoms with van der Waals surface area (Å²) in [6.07, 6.45) is 17.5. The van der Waals surface area contributed by atoms with Crippen LogP contribution in [0.5, 0.6) is 0 Å². The molecule has 0 aromatic rings. The van der Waals surface area contributed by atoms with Gasteiger partial charge in [-0.1, -0.05) is 6.58 Å². The zero-order valence-electron chi connectivity index (χ0n) is 21.6. The zero-order chi connectivity index (χ0) is 26.6. The van der Waals surface area contributed by atoms with E-state index in [0.29, 0.717) is 18.6 Å². The van der Waals surface area contributed by atoms with Gasteiger partial charge in [-0.15, -0.1) is 0 Å². The van der Waals surface area contributed by atoms with Gasteiger partial charge in [0.05, 0.1) is 25.3 Å². The normalized spacial score (nSPS) is 25.4. The summed E-state index contributed by atoms with van der Waals surface area (Å²) >= 11 is 0. The van der Waals surface area contributed by atoms with Gasteiger partial charge in [0, 0.05) is 12.0 Å². The maximum Gasteiger partial charge on any atom is 0.333 e. The predicted molar refractivity (Wildman–Crippen MR) is 135 cm³/mol. The monoisotopic (exact) mass is 506 g/mol. The van der Waals surface area contributed by atoms with Crippen LogP contribution in [-0.4, -0.2) is 61.1 Å². The van der Waals surface area contributed by atoms with Crippen LogP contribution < -0.4 is 0 Å². The summed E-state index contributed by atoms with van der Waals surface area (Å²) in [5.41, 5.74) is 0.350. The lowest BCUT2D eigenvalue weighted by Crippen LogP contribution is -2.23. The molecule has 1 N–H and O–H groups in total. The van der Waals surface area contributed by atoms with E-state index in [2.05, 4.69) is 21.3 Å². The Balaban J connectivity index is 0.000000317. The SMILES string of the molecule is C=C(C)C(=O)OCCO.O=C1CCCCCO1.O=C=NC1CCC(CC2CCC(N=C=O)CC2)CC1. The van der Waals surface area contributed by atoms with Crippen LogP contribution in [0.2, 0.25) is 0 Å². The van der Waals surface area contributed by atoms with Gasteiger partial charge in [0.2, 0.25) is 12.2 Å². The molecule has 202 valence electrons. The summed E-state index contributed by atoms with van der Waals surface area (Å²) in [7, 11) is 0. The maximum absolute atomic E-state index is 10.5. The first-order valence-electron chi connectivity index (χ1n) is 13.1. The summed E-state index contributed by atoms with van der Waals surface area (Å²) < 4.78 is 9.23. The number of aliphatic imine (C=N–C) groups is 2. The van der Waals surface area contributed by atoms with Gasteiger partial charge in [-0.3, -0.25) is 4.79 Å². The van der Waals surface area contributed by atoms with Crippen LogP contribution in [-0.2, 0) is 28.7 Å². The fourth-order valence-corrected chi connectivity index (χ4v) is 4.71. The average Bonchev–Trinajstić information content (AvgIpc) is 3.13. The molecule has 9 nitrogen and oxygen atoms in total. The van der Waals surface area contributed by atoms with Gasteiger partial charge in [-0.25, -0.2) is 24.4 Å². The maximum atomic E-state index is 10.5. The minimum atomic E-state index is -0.455. The Hall–Kier alpha value is -2.60. The molecule has 0 atom stereocenters. The quantitative estimate of drug-likeness (QED) is 0.235. The highest BCUT2D eigenvalue weighted by molar-refractivity contribution is 5.86. The Labute approximate surface area is 214 Å². The molecule has 3 fully saturated rings. The Morgan fingerprint density at radius 1 is 0.972 bits per heavy atom. The van der Waals surface area contributed by atoms with Crippen LogP contribution >= 0.6 is 0 Å². The largest absolute Gasteiger partial charge is 0.466 e. The lowest BCUT2D eigenvalue weighted by molar-refractivity contribution is -0.142. The Bertz CT molecular complexity index is 710. The molecule has 3 rings (SSSR count). The summed E-state index contributed by atoms with van der Waals surface area (Å²) in [5.74, 6) is 1.12. The van der Waals surface area contributed by atoms with E-state index in [1.807, 2.05) is 0 Å². The third-order valence-electron chi connectivity index (χ3n) is 6.73. The lowest BCUT2D eigenvalue weighted by Gasteiger charge is -2.31. The number of hydrogen-bond acceptors (Lipinski definition) is 9. The predicted octanol–water partition coefficient (Wildman–Crippen LogP) is 4.37. The standard InChI is InChI=1S/C15H22N2O2.C6H10O3.C6H10O2/c18-10-16-14-5-1-12(2-6-14)9-13-3-7-15(8-4-13)17-11-19;1-5(2)6(8)9-4-3-7;7-6-4-2-1-3-5-8-6/h12-15H,1-9H2;7H,1,3-4H2,2H3;1-5H2. The Morgan fingerprint density at radius 3 is 1.94 bits per heavy atom. The number of hydrogen-bond donors (Lipinski definition) is 1. The van der Waals surface area contributed by atoms with Crippen molar-refractivity contribution >= 4 is 24.1 Å². The number of ether oxygens (including phenoxy) is 2. The lowest BCUT2D eigenvalue weighted by atomic mass is 9.76. The van der Waals surface area contributed by atoms with Crippen molar-refractivity contribution in [2.24, 2.45) is 21.8 Å². The first-order chi connectivity index (χ1) is 17.4. The van der Waals surface area contributed by atoms with Crippen LogP contribution in [0, 0.1) is 11.8 Å². The zero-order valence-corrected chi connectivity index (χ0v) is 21.6. The van der Waals surface area contributed by atoms with Gasteiger partial charge >= 0.3 is 11.9 Å². The van der Waals surface area contributed by atoms with Crippen molar-refractivity contribution in [3.8, 4) is 0 Å². The number of isocyanates is 2. The molecular weight excluding hydrogens is 464 g/mol. The van der Waals surface area contributed by atoms with E-state index >= 15 is 0 Å². The third-order valence-corrected chi connectivity index (χ3v) is 6.73. The van der Waals surface area contributed by atoms with Gasteiger partial charge < -0.3 is 14.6 Å². The molecule has 0 unspecified atom stereocenters. The molecule has 36 heavy (non-hydrogen) atoms. The molecular formula is C27H42N2O7. The van der Waals surface area contributed by atoms with E-state index in [1.54, 1.807) is 19.1 Å². The molecule has 1 saturated heterocycles. The molecule has 9 heteroatoms. The van der Waals surface area contributed by atoms with Crippen molar-refractivity contribution in [2.75, 3.05) is 19.8 Å². The van der Waals surface area contributed by atoms with Gasteiger partial charge in [0.25, 0.3) is 0 Å². The van der Waals surface area contributed by atoms with Gasteiger partial charge in [-0.2, -0.15) is 0 Å². The third kappa shape index (κ3) is 14.7. The first kappa shape index (κ1) is 31.4. The van der Waals surface area contributed by atoms with Crippen molar-refractivity contribution in [1.29, 1.82) is 0 Å². The fraction of sp³-hybridized carbons (Fsp3) is 0.778. The van der Waals surface area contributed by atoms with Crippen LogP contribution in [0.15, 0.2) is 22.1 Å². The summed E-state index contributed by atoms with van der Waals surface area (Å²) in [6, 6.07) is 0.456. The molecule has 0 amide bonds. The topological polar surface area (TPSA) is 132 Å². The number of carbonyl (C=O) groups is 2. The van der Waals surface area contributed by atoms with E-state index in [1.165, 1.54) is 32.1 Å². The van der Waals surface area contributed by atoms with Crippen LogP contribution in [0.3, 0.4) is 0 Å². The summed E-state index contributed by atoms with van der Waals surface area (Å²) in [5, 5.41) is 8.19. The second-order valence-corrected chi connectivity index (χ2v) is 9.70. The minimum Gasteiger partial charge on any atom is -0.466 e. The smallest absolute Gasteiger partial charge is 0.333 e. The van der Waals surface area contributed by atoms with Gasteiger partial charge in [0.15, 0.2) is 0 Å². The Kier molecular flexibility index (Phi) is 17.1. The summed E-state index contributed by atoms with van der Waals surface area (Å²) in [6.45, 7) is 5.45. The number of esters is 2. The second-order valence-electron chi connectivity index (χ2n) is 9.70. The molecule has 0 bridgehead atoms. The molecule has 0 radical (unpaired) electrons. The highest BCUT2D eigenvalue weighted by Crippen LogP contribution is 2.36. The molecule has 0 aromatic carbocycles. The fourth-order valence-electron chi connectivity index (χ4n) is 4.71. The van der Waals surface area contributed by atoms with E-state index in [-0.39, 0.29) is 31.3 Å². The van der Waals surface area contributed by atoms with Crippen molar-refractivity contribution in [1.82, 2.24) is 0 Å². The molecule has 1 heterocycles. The van der Waals surface area contributed by atoms with E-state index in [9.17, 15) is 19.2 Å². The second kappa shape index (κ2) is 19.6. The number of aliphatic hydroxyl groups excluding tert-OH is 1. The summed E-state index contributed by atoms with van der Waals surface area (Å²) in [4.78, 5) is 49.1. The Morgan fingerprint density at radius 2 is 1.50 bits per heavy atom. The van der Waals surface area contributed by atoms with Crippen molar-refractivity contribution in [3.63, 3.8) is 0 Å². The van der Waals surface area contributed by atoms with Crippen molar-refractivity contribution in [2.45, 2.75) is 102 Å². The molecule has 0 spiro atoms. The molecule has 0 aromatic heterocycles. The molecule has 3 aliphatic rings. The van der Waals surface area contributed by atoms with Crippen molar-refractivity contribution in [3.05, 3.63) is 12.2 Å². The molecule has 1 aliphatic heterocycles. The van der Waals surface area contributed by atoms with E-state index in [0.717, 1.165) is 56.8 Å². The van der Waals surface area contributed by atoms with Gasteiger partial charge in [0.1, 0.15) is 6.61 Å². The van der Waals surface area contributed by atoms with Crippen LogP contribution in [0.1, 0.15) is 90.4 Å². The number of nitrogens with zero attached hydrogens (tertiary/aromatic N) is 2. The minimum absolute atomic E-state index is 0.0255. The molecule has 2 saturated carbocycles. The highest BCUT2D eigenvalue weighted by Gasteiger charge is 2.26. The average molecular weight is 507 g/mol. The highest BCUT2D eigenvalue weighted by atomic mass is 16.5. The first-order valence-corrected chi connectivity index (χ1v) is 13.1. The van der Waals surface area contributed by atoms with Crippen molar-refractivity contribution < 1.29 is 33.8 Å². The van der Waals surface area contributed by atoms with Crippen LogP contribution in [0.4, 0.5) is 0 Å². The number of rotatable bonds is 7. The van der Waals surface area contributed by atoms with E-state index < -0.39 is 5.97 Å². The van der Waals surface area contributed by atoms with Gasteiger partial charge in [-0.05, 0) is 95.8 Å².